The molecule has 10 heteroatoms. The van der Waals surface area contributed by atoms with E-state index >= 15 is 0 Å². The van der Waals surface area contributed by atoms with Crippen LogP contribution >= 0.6 is 11.8 Å². The third kappa shape index (κ3) is 3.65. The first-order valence-corrected chi connectivity index (χ1v) is 11.7. The van der Waals surface area contributed by atoms with Gasteiger partial charge in [0, 0.05) is 7.05 Å². The van der Waals surface area contributed by atoms with Crippen molar-refractivity contribution in [3.05, 3.63) is 75.8 Å². The largest absolute Gasteiger partial charge is 0.322 e. The average molecular weight is 474 g/mol. The van der Waals surface area contributed by atoms with E-state index in [1.165, 1.54) is 21.9 Å². The van der Waals surface area contributed by atoms with Crippen LogP contribution < -0.4 is 10.9 Å². The number of carbonyl (C=O) groups is 1. The molecule has 3 aromatic heterocycles. The average Bonchev–Trinajstić information content (AvgIpc) is 3.38. The zero-order valence-corrected chi connectivity index (χ0v) is 20.1. The second-order valence-electron chi connectivity index (χ2n) is 8.13. The van der Waals surface area contributed by atoms with Crippen molar-refractivity contribution in [3.63, 3.8) is 0 Å². The van der Waals surface area contributed by atoms with Crippen molar-refractivity contribution in [3.8, 4) is 5.69 Å². The van der Waals surface area contributed by atoms with Crippen LogP contribution in [0.2, 0.25) is 0 Å². The van der Waals surface area contributed by atoms with Crippen LogP contribution in [-0.4, -0.2) is 40.6 Å². The fourth-order valence-electron chi connectivity index (χ4n) is 3.97. The van der Waals surface area contributed by atoms with Gasteiger partial charge in [0.15, 0.2) is 5.16 Å². The molecular weight excluding hydrogens is 450 g/mol. The smallest absolute Gasteiger partial charge is 0.262 e. The quantitative estimate of drug-likeness (QED) is 0.393. The minimum atomic E-state index is -0.175. The summed E-state index contributed by atoms with van der Waals surface area (Å²) < 4.78 is 5.10. The van der Waals surface area contributed by atoms with Gasteiger partial charge < -0.3 is 5.32 Å². The number of nitrogens with one attached hydrogen (secondary N) is 1. The molecule has 5 rings (SSSR count). The molecule has 34 heavy (non-hydrogen) atoms. The normalized spacial score (nSPS) is 11.4. The SMILES string of the molecule is Cc1ccc(-n2nc(C)c(NC(=O)CSc3nnc4n(C)c(=O)c5ccccc5n34)c2C)cc1. The fraction of sp³-hybridized carbons (Fsp3) is 0.208. The summed E-state index contributed by atoms with van der Waals surface area (Å²) >= 11 is 1.26. The van der Waals surface area contributed by atoms with E-state index in [2.05, 4.69) is 20.6 Å². The molecule has 2 aromatic carbocycles. The lowest BCUT2D eigenvalue weighted by Crippen LogP contribution is -2.20. The number of amides is 1. The fourth-order valence-corrected chi connectivity index (χ4v) is 4.71. The van der Waals surface area contributed by atoms with Crippen molar-refractivity contribution >= 4 is 40.0 Å². The molecular formula is C24H23N7O2S. The number of aryl methyl sites for hydroxylation is 3. The predicted molar refractivity (Wildman–Crippen MR) is 133 cm³/mol. The van der Waals surface area contributed by atoms with E-state index in [9.17, 15) is 9.59 Å². The highest BCUT2D eigenvalue weighted by Gasteiger charge is 2.18. The number of carbonyl (C=O) groups excluding carboxylic acids is 1. The molecule has 1 amide bonds. The third-order valence-corrected chi connectivity index (χ3v) is 6.69. The standard InChI is InChI=1S/C24H23N7O2S/c1-14-9-11-17(12-10-14)31-16(3)21(15(2)28-31)25-20(32)13-34-24-27-26-23-29(4)22(33)18-7-5-6-8-19(18)30(23)24/h5-12H,13H2,1-4H3,(H,25,32). The summed E-state index contributed by atoms with van der Waals surface area (Å²) in [5.74, 6) is 0.384. The number of hydrogen-bond donors (Lipinski definition) is 1. The molecule has 0 aliphatic heterocycles. The molecule has 0 bridgehead atoms. The molecule has 0 saturated carbocycles. The highest BCUT2D eigenvalue weighted by molar-refractivity contribution is 7.99. The summed E-state index contributed by atoms with van der Waals surface area (Å²) in [5, 5.41) is 17.1. The van der Waals surface area contributed by atoms with Crippen molar-refractivity contribution in [2.45, 2.75) is 25.9 Å². The van der Waals surface area contributed by atoms with E-state index in [-0.39, 0.29) is 17.2 Å². The Morgan fingerprint density at radius 3 is 2.53 bits per heavy atom. The van der Waals surface area contributed by atoms with E-state index < -0.39 is 0 Å². The van der Waals surface area contributed by atoms with E-state index in [1.807, 2.05) is 67.9 Å². The van der Waals surface area contributed by atoms with Gasteiger partial charge in [0.25, 0.3) is 5.56 Å². The summed E-state index contributed by atoms with van der Waals surface area (Å²) in [5.41, 5.74) is 4.98. The van der Waals surface area contributed by atoms with Gasteiger partial charge in [-0.25, -0.2) is 4.68 Å². The molecule has 1 N–H and O–H groups in total. The number of aromatic nitrogens is 6. The maximum atomic E-state index is 12.8. The molecule has 3 heterocycles. The molecule has 0 fully saturated rings. The lowest BCUT2D eigenvalue weighted by atomic mass is 10.2. The van der Waals surface area contributed by atoms with Gasteiger partial charge >= 0.3 is 0 Å². The molecule has 0 atom stereocenters. The number of para-hydroxylation sites is 1. The van der Waals surface area contributed by atoms with Crippen LogP contribution in [0.5, 0.6) is 0 Å². The summed E-state index contributed by atoms with van der Waals surface area (Å²) in [6, 6.07) is 15.4. The van der Waals surface area contributed by atoms with Gasteiger partial charge in [-0.3, -0.25) is 18.6 Å². The lowest BCUT2D eigenvalue weighted by molar-refractivity contribution is -0.113. The summed E-state index contributed by atoms with van der Waals surface area (Å²) in [6.07, 6.45) is 0. The Morgan fingerprint density at radius 1 is 1.03 bits per heavy atom. The van der Waals surface area contributed by atoms with Crippen molar-refractivity contribution in [2.24, 2.45) is 7.05 Å². The highest BCUT2D eigenvalue weighted by Crippen LogP contribution is 2.25. The van der Waals surface area contributed by atoms with Gasteiger partial charge in [0.05, 0.1) is 39.4 Å². The van der Waals surface area contributed by atoms with Crippen LogP contribution in [0, 0.1) is 20.8 Å². The lowest BCUT2D eigenvalue weighted by Gasteiger charge is -2.08. The van der Waals surface area contributed by atoms with Crippen LogP contribution in [0.4, 0.5) is 5.69 Å². The van der Waals surface area contributed by atoms with Gasteiger partial charge in [0.2, 0.25) is 11.7 Å². The molecule has 0 aliphatic carbocycles. The van der Waals surface area contributed by atoms with Crippen LogP contribution in [0.1, 0.15) is 17.0 Å². The zero-order valence-electron chi connectivity index (χ0n) is 19.2. The minimum absolute atomic E-state index is 0.132. The first-order valence-electron chi connectivity index (χ1n) is 10.7. The van der Waals surface area contributed by atoms with Crippen molar-refractivity contribution in [1.82, 2.24) is 28.9 Å². The monoisotopic (exact) mass is 473 g/mol. The number of benzene rings is 2. The van der Waals surface area contributed by atoms with Crippen molar-refractivity contribution < 1.29 is 4.79 Å². The molecule has 0 saturated heterocycles. The minimum Gasteiger partial charge on any atom is -0.322 e. The van der Waals surface area contributed by atoms with Crippen LogP contribution in [0.25, 0.3) is 22.4 Å². The maximum Gasteiger partial charge on any atom is 0.262 e. The molecule has 172 valence electrons. The van der Waals surface area contributed by atoms with Gasteiger partial charge in [-0.2, -0.15) is 5.10 Å². The summed E-state index contributed by atoms with van der Waals surface area (Å²) in [6.45, 7) is 5.84. The molecule has 0 unspecified atom stereocenters. The highest BCUT2D eigenvalue weighted by atomic mass is 32.2. The Hall–Kier alpha value is -3.92. The van der Waals surface area contributed by atoms with E-state index in [1.54, 1.807) is 17.5 Å². The summed E-state index contributed by atoms with van der Waals surface area (Å²) in [7, 11) is 1.66. The molecule has 0 radical (unpaired) electrons. The van der Waals surface area contributed by atoms with Gasteiger partial charge in [-0.05, 0) is 45.0 Å². The Morgan fingerprint density at radius 2 is 1.76 bits per heavy atom. The van der Waals surface area contributed by atoms with E-state index in [0.717, 1.165) is 17.1 Å². The predicted octanol–water partition coefficient (Wildman–Crippen LogP) is 3.42. The maximum absolute atomic E-state index is 12.8. The number of hydrogen-bond acceptors (Lipinski definition) is 6. The first-order chi connectivity index (χ1) is 16.3. The van der Waals surface area contributed by atoms with E-state index in [4.69, 9.17) is 0 Å². The van der Waals surface area contributed by atoms with Gasteiger partial charge in [0.1, 0.15) is 0 Å². The van der Waals surface area contributed by atoms with Crippen LogP contribution in [0.3, 0.4) is 0 Å². The number of rotatable bonds is 5. The Balaban J connectivity index is 1.39. The summed E-state index contributed by atoms with van der Waals surface area (Å²) in [4.78, 5) is 25.5. The second-order valence-corrected chi connectivity index (χ2v) is 9.07. The Bertz CT molecular complexity index is 1610. The number of fused-ring (bicyclic) bond motifs is 3. The Labute approximate surface area is 199 Å². The molecule has 5 aromatic rings. The zero-order chi connectivity index (χ0) is 24.0. The first kappa shape index (κ1) is 21.9. The number of thioether (sulfide) groups is 1. The van der Waals surface area contributed by atoms with Crippen molar-refractivity contribution in [1.29, 1.82) is 0 Å². The number of nitrogens with zero attached hydrogens (tertiary/aromatic N) is 6. The number of anilines is 1. The van der Waals surface area contributed by atoms with Crippen LogP contribution in [0.15, 0.2) is 58.5 Å². The molecule has 0 spiro atoms. The topological polar surface area (TPSA) is 99.1 Å². The molecule has 0 aliphatic rings. The third-order valence-electron chi connectivity index (χ3n) is 5.76. The molecule has 9 nitrogen and oxygen atoms in total. The van der Waals surface area contributed by atoms with Gasteiger partial charge in [-0.1, -0.05) is 41.6 Å². The van der Waals surface area contributed by atoms with Crippen molar-refractivity contribution in [2.75, 3.05) is 11.1 Å². The Kier molecular flexibility index (Phi) is 5.45. The van der Waals surface area contributed by atoms with E-state index in [0.29, 0.717) is 27.5 Å². The van der Waals surface area contributed by atoms with Crippen LogP contribution in [-0.2, 0) is 11.8 Å². The van der Waals surface area contributed by atoms with Gasteiger partial charge in [-0.15, -0.1) is 10.2 Å². The second kappa shape index (κ2) is 8.45.